The summed E-state index contributed by atoms with van der Waals surface area (Å²) in [6.07, 6.45) is 3.71. The summed E-state index contributed by atoms with van der Waals surface area (Å²) in [4.78, 5) is 11.5. The molecule has 3 aliphatic carbocycles. The highest BCUT2D eigenvalue weighted by Crippen LogP contribution is 2.62. The molecule has 4 rings (SSSR count). The molecule has 0 bridgehead atoms. The molecular weight excluding hydrogens is 292 g/mol. The second kappa shape index (κ2) is 4.97. The highest BCUT2D eigenvalue weighted by molar-refractivity contribution is 5.71. The van der Waals surface area contributed by atoms with Gasteiger partial charge in [0.05, 0.1) is 12.0 Å². The number of fused-ring (bicyclic) bond motifs is 5. The van der Waals surface area contributed by atoms with Crippen molar-refractivity contribution in [3.05, 3.63) is 29.3 Å². The lowest BCUT2D eigenvalue weighted by atomic mass is 9.55. The first-order valence-electron chi connectivity index (χ1n) is 8.64. The summed E-state index contributed by atoms with van der Waals surface area (Å²) < 4.78 is 0. The average molecular weight is 316 g/mol. The monoisotopic (exact) mass is 316 g/mol. The summed E-state index contributed by atoms with van der Waals surface area (Å²) in [7, 11) is 0. The molecule has 0 aliphatic heterocycles. The molecule has 2 fully saturated rings. The molecule has 0 unspecified atom stereocenters. The van der Waals surface area contributed by atoms with Crippen LogP contribution in [-0.2, 0) is 11.2 Å². The van der Waals surface area contributed by atoms with Crippen LogP contribution in [0, 0.1) is 23.2 Å². The molecular formula is C19H24O4. The molecule has 0 aromatic heterocycles. The van der Waals surface area contributed by atoms with Crippen LogP contribution in [0.5, 0.6) is 5.75 Å². The quantitative estimate of drug-likeness (QED) is 0.744. The van der Waals surface area contributed by atoms with E-state index in [2.05, 4.69) is 6.92 Å². The zero-order valence-electron chi connectivity index (χ0n) is 13.4. The molecule has 4 heteroatoms. The maximum Gasteiger partial charge on any atom is 0.309 e. The number of carbonyl (C=O) groups is 1. The van der Waals surface area contributed by atoms with Gasteiger partial charge in [-0.2, -0.15) is 0 Å². The average Bonchev–Trinajstić information content (AvgIpc) is 2.79. The van der Waals surface area contributed by atoms with E-state index in [1.165, 1.54) is 11.1 Å². The van der Waals surface area contributed by atoms with E-state index < -0.39 is 18.0 Å². The van der Waals surface area contributed by atoms with Crippen LogP contribution >= 0.6 is 0 Å². The molecule has 1 aromatic rings. The van der Waals surface area contributed by atoms with Crippen molar-refractivity contribution in [3.63, 3.8) is 0 Å². The van der Waals surface area contributed by atoms with Crippen molar-refractivity contribution in [2.45, 2.75) is 51.0 Å². The molecule has 124 valence electrons. The maximum absolute atomic E-state index is 11.5. The largest absolute Gasteiger partial charge is 0.508 e. The minimum atomic E-state index is -0.856. The van der Waals surface area contributed by atoms with Gasteiger partial charge in [-0.1, -0.05) is 13.0 Å². The molecule has 6 atom stereocenters. The zero-order valence-corrected chi connectivity index (χ0v) is 13.4. The first kappa shape index (κ1) is 15.0. The number of hydrogen-bond acceptors (Lipinski definition) is 3. The first-order chi connectivity index (χ1) is 10.9. The molecule has 0 heterocycles. The highest BCUT2D eigenvalue weighted by Gasteiger charge is 2.59. The number of hydrogen-bond donors (Lipinski definition) is 3. The van der Waals surface area contributed by atoms with E-state index in [-0.39, 0.29) is 11.3 Å². The topological polar surface area (TPSA) is 77.8 Å². The fraction of sp³-hybridized carbons (Fsp3) is 0.632. The Kier molecular flexibility index (Phi) is 3.24. The molecule has 3 aliphatic rings. The van der Waals surface area contributed by atoms with Crippen molar-refractivity contribution < 1.29 is 20.1 Å². The number of aliphatic hydroxyl groups is 1. The predicted octanol–water partition coefficient (Wildman–Crippen LogP) is 2.92. The Morgan fingerprint density at radius 2 is 2.09 bits per heavy atom. The molecule has 4 nitrogen and oxygen atoms in total. The minimum absolute atomic E-state index is 0.265. The lowest BCUT2D eigenvalue weighted by Crippen LogP contribution is -2.44. The van der Waals surface area contributed by atoms with Crippen molar-refractivity contribution >= 4 is 5.97 Å². The summed E-state index contributed by atoms with van der Waals surface area (Å²) in [5.74, 6) is 0.0158. The number of benzene rings is 1. The predicted molar refractivity (Wildman–Crippen MR) is 85.2 cm³/mol. The molecule has 1 aromatic carbocycles. The lowest BCUT2D eigenvalue weighted by Gasteiger charge is -2.50. The van der Waals surface area contributed by atoms with Crippen LogP contribution in [-0.4, -0.2) is 27.4 Å². The van der Waals surface area contributed by atoms with Gasteiger partial charge < -0.3 is 15.3 Å². The smallest absolute Gasteiger partial charge is 0.309 e. The molecule has 0 saturated heterocycles. The summed E-state index contributed by atoms with van der Waals surface area (Å²) in [5.41, 5.74) is 2.30. The van der Waals surface area contributed by atoms with E-state index in [9.17, 15) is 20.1 Å². The number of phenols is 1. The number of aliphatic hydroxyl groups excluding tert-OH is 1. The van der Waals surface area contributed by atoms with Crippen molar-refractivity contribution in [2.75, 3.05) is 0 Å². The van der Waals surface area contributed by atoms with Gasteiger partial charge in [-0.3, -0.25) is 4.79 Å². The van der Waals surface area contributed by atoms with Crippen molar-refractivity contribution in [1.29, 1.82) is 0 Å². The van der Waals surface area contributed by atoms with E-state index in [1.807, 2.05) is 12.1 Å². The second-order valence-electron chi connectivity index (χ2n) is 7.97. The Morgan fingerprint density at radius 3 is 2.83 bits per heavy atom. The van der Waals surface area contributed by atoms with Crippen LogP contribution in [0.2, 0.25) is 0 Å². The van der Waals surface area contributed by atoms with Crippen LogP contribution in [0.3, 0.4) is 0 Å². The van der Waals surface area contributed by atoms with Gasteiger partial charge in [0, 0.05) is 0 Å². The number of carboxylic acids is 1. The van der Waals surface area contributed by atoms with Gasteiger partial charge in [-0.15, -0.1) is 0 Å². The molecule has 23 heavy (non-hydrogen) atoms. The fourth-order valence-corrected chi connectivity index (χ4v) is 5.83. The van der Waals surface area contributed by atoms with Crippen LogP contribution in [0.4, 0.5) is 0 Å². The normalized spacial score (nSPS) is 41.7. The van der Waals surface area contributed by atoms with Gasteiger partial charge in [-0.25, -0.2) is 0 Å². The van der Waals surface area contributed by atoms with Gasteiger partial charge in [-0.05, 0) is 78.5 Å². The number of aryl methyl sites for hydroxylation is 1. The fourth-order valence-electron chi connectivity index (χ4n) is 5.83. The third-order valence-electron chi connectivity index (χ3n) is 7.03. The van der Waals surface area contributed by atoms with E-state index in [4.69, 9.17) is 0 Å². The minimum Gasteiger partial charge on any atom is -0.508 e. The SMILES string of the molecule is C[C@]12CC[C@@H]3c4ccc(O)cc4CC[C@H]3[C@@H]1C[C@@H](C(=O)O)[C@@H]2O. The number of carboxylic acid groups (broad SMARTS) is 1. The standard InChI is InChI=1S/C19H24O4/c1-19-7-6-13-12-5-3-11(20)8-10(12)2-4-14(13)16(19)9-15(17(19)21)18(22)23/h3,5,8,13-17,20-21H,2,4,6-7,9H2,1H3,(H,22,23)/t13-,14-,15-,16+,17+,19+/m1/s1. The third kappa shape index (κ3) is 2.04. The first-order valence-corrected chi connectivity index (χ1v) is 8.64. The molecule has 0 spiro atoms. The van der Waals surface area contributed by atoms with Gasteiger partial charge in [0.1, 0.15) is 5.75 Å². The Balaban J connectivity index is 1.70. The number of aliphatic carboxylic acids is 1. The Labute approximate surface area is 136 Å². The lowest BCUT2D eigenvalue weighted by molar-refractivity contribution is -0.146. The second-order valence-corrected chi connectivity index (χ2v) is 7.97. The van der Waals surface area contributed by atoms with E-state index in [0.717, 1.165) is 25.7 Å². The molecule has 3 N–H and O–H groups in total. The number of aromatic hydroxyl groups is 1. The van der Waals surface area contributed by atoms with E-state index in [0.29, 0.717) is 24.0 Å². The van der Waals surface area contributed by atoms with Gasteiger partial charge in [0.15, 0.2) is 0 Å². The van der Waals surface area contributed by atoms with Crippen LogP contribution < -0.4 is 0 Å². The van der Waals surface area contributed by atoms with Crippen LogP contribution in [0.15, 0.2) is 18.2 Å². The summed E-state index contributed by atoms with van der Waals surface area (Å²) in [6, 6.07) is 5.69. The summed E-state index contributed by atoms with van der Waals surface area (Å²) >= 11 is 0. The van der Waals surface area contributed by atoms with Gasteiger partial charge in [0.25, 0.3) is 0 Å². The number of rotatable bonds is 1. The van der Waals surface area contributed by atoms with E-state index in [1.54, 1.807) is 6.07 Å². The zero-order chi connectivity index (χ0) is 16.4. The maximum atomic E-state index is 11.5. The summed E-state index contributed by atoms with van der Waals surface area (Å²) in [6.45, 7) is 2.09. The van der Waals surface area contributed by atoms with Crippen molar-refractivity contribution in [1.82, 2.24) is 0 Å². The Morgan fingerprint density at radius 1 is 1.30 bits per heavy atom. The molecule has 2 saturated carbocycles. The van der Waals surface area contributed by atoms with Crippen molar-refractivity contribution in [3.8, 4) is 5.75 Å². The van der Waals surface area contributed by atoms with E-state index >= 15 is 0 Å². The molecule has 0 amide bonds. The third-order valence-corrected chi connectivity index (χ3v) is 7.03. The van der Waals surface area contributed by atoms with Crippen LogP contribution in [0.1, 0.15) is 49.7 Å². The van der Waals surface area contributed by atoms with Crippen molar-refractivity contribution in [2.24, 2.45) is 23.2 Å². The summed E-state index contributed by atoms with van der Waals surface area (Å²) in [5, 5.41) is 29.8. The Hall–Kier alpha value is -1.55. The van der Waals surface area contributed by atoms with Gasteiger partial charge >= 0.3 is 5.97 Å². The Bertz CT molecular complexity index is 655. The number of phenolic OH excluding ortho intramolecular Hbond substituents is 1. The molecule has 0 radical (unpaired) electrons. The van der Waals surface area contributed by atoms with Crippen LogP contribution in [0.25, 0.3) is 0 Å². The highest BCUT2D eigenvalue weighted by atomic mass is 16.4. The van der Waals surface area contributed by atoms with Gasteiger partial charge in [0.2, 0.25) is 0 Å².